The molecule has 1 aliphatic heterocycles. The van der Waals surface area contributed by atoms with E-state index in [1.807, 2.05) is 80.3 Å². The second kappa shape index (κ2) is 14.6. The van der Waals surface area contributed by atoms with Crippen LogP contribution in [0.15, 0.2) is 65.8 Å². The number of benzene rings is 2. The van der Waals surface area contributed by atoms with Gasteiger partial charge in [-0.3, -0.25) is 9.59 Å². The van der Waals surface area contributed by atoms with Crippen molar-refractivity contribution in [3.8, 4) is 17.2 Å². The average molecular weight is 592 g/mol. The highest BCUT2D eigenvalue weighted by Gasteiger charge is 2.48. The Hall–Kier alpha value is -3.82. The molecule has 232 valence electrons. The fraction of sp³-hybridized carbons (Fsp3) is 0.471. The number of primary amides is 1. The van der Waals surface area contributed by atoms with E-state index < -0.39 is 23.3 Å². The molecule has 0 fully saturated rings. The lowest BCUT2D eigenvalue weighted by Gasteiger charge is -2.42. The van der Waals surface area contributed by atoms with Crippen molar-refractivity contribution >= 4 is 11.8 Å². The molecule has 0 aromatic heterocycles. The molecular formula is C34H45N3O6. The van der Waals surface area contributed by atoms with Crippen LogP contribution >= 0.6 is 0 Å². The van der Waals surface area contributed by atoms with Gasteiger partial charge in [-0.15, -0.1) is 0 Å². The summed E-state index contributed by atoms with van der Waals surface area (Å²) >= 11 is 0. The Balaban J connectivity index is 1.65. The van der Waals surface area contributed by atoms with Crippen molar-refractivity contribution in [1.29, 1.82) is 0 Å². The molecule has 2 aliphatic rings. The number of nitrogens with zero attached hydrogens (tertiary/aromatic N) is 1. The van der Waals surface area contributed by atoms with Crippen LogP contribution in [0, 0.1) is 11.3 Å². The average Bonchev–Trinajstić information content (AvgIpc) is 3.47. The number of fused-ring (bicyclic) bond motifs is 1. The number of hydrogen-bond donors (Lipinski definition) is 3. The Labute approximate surface area is 254 Å². The van der Waals surface area contributed by atoms with E-state index in [0.29, 0.717) is 43.1 Å². The van der Waals surface area contributed by atoms with Crippen molar-refractivity contribution < 1.29 is 28.9 Å². The number of nitrogens with one attached hydrogen (secondary N) is 1. The fourth-order valence-electron chi connectivity index (χ4n) is 6.19. The normalized spacial score (nSPS) is 18.8. The van der Waals surface area contributed by atoms with E-state index in [-0.39, 0.29) is 25.7 Å². The van der Waals surface area contributed by atoms with Crippen molar-refractivity contribution in [3.63, 3.8) is 0 Å². The van der Waals surface area contributed by atoms with Crippen LogP contribution < -0.4 is 25.3 Å². The molecular weight excluding hydrogens is 546 g/mol. The quantitative estimate of drug-likeness (QED) is 0.285. The number of carbonyl (C=O) groups is 2. The minimum Gasteiger partial charge on any atom is -0.497 e. The van der Waals surface area contributed by atoms with Gasteiger partial charge in [-0.05, 0) is 68.0 Å². The van der Waals surface area contributed by atoms with Crippen molar-refractivity contribution in [3.05, 3.63) is 76.9 Å². The van der Waals surface area contributed by atoms with Crippen LogP contribution in [0.1, 0.15) is 51.2 Å². The fourth-order valence-corrected chi connectivity index (χ4v) is 6.19. The maximum absolute atomic E-state index is 13.8. The van der Waals surface area contributed by atoms with Gasteiger partial charge < -0.3 is 35.3 Å². The Morgan fingerprint density at radius 3 is 2.53 bits per heavy atom. The Bertz CT molecular complexity index is 1350. The zero-order chi connectivity index (χ0) is 31.0. The van der Waals surface area contributed by atoms with Gasteiger partial charge in [-0.25, -0.2) is 0 Å². The summed E-state index contributed by atoms with van der Waals surface area (Å²) in [6.07, 6.45) is 4.85. The first-order valence-corrected chi connectivity index (χ1v) is 15.1. The highest BCUT2D eigenvalue weighted by Crippen LogP contribution is 2.45. The van der Waals surface area contributed by atoms with E-state index in [0.717, 1.165) is 35.3 Å². The lowest BCUT2D eigenvalue weighted by molar-refractivity contribution is -0.132. The number of ether oxygens (including phenoxy) is 3. The SMILES string of the molecule is CCCN(CCC)C(=O)C1=CC(C)=CC(C(N)=O)([C@H](Cc2ccc3c(c2)OCO3)[C@@H](O)CNCc2cccc(OC)c2)C1. The van der Waals surface area contributed by atoms with Crippen LogP contribution in [0.2, 0.25) is 0 Å². The molecule has 4 rings (SSSR count). The third kappa shape index (κ3) is 7.58. The molecule has 2 aromatic rings. The number of aliphatic hydroxyl groups excluding tert-OH is 1. The van der Waals surface area contributed by atoms with Crippen LogP contribution in [-0.4, -0.2) is 61.5 Å². The number of amides is 2. The number of nitrogens with two attached hydrogens (primary N) is 1. The molecule has 3 atom stereocenters. The highest BCUT2D eigenvalue weighted by molar-refractivity contribution is 5.97. The van der Waals surface area contributed by atoms with Gasteiger partial charge in [0.05, 0.1) is 18.6 Å². The molecule has 9 heteroatoms. The van der Waals surface area contributed by atoms with Gasteiger partial charge >= 0.3 is 0 Å². The summed E-state index contributed by atoms with van der Waals surface area (Å²) in [6.45, 7) is 8.07. The van der Waals surface area contributed by atoms with E-state index in [1.165, 1.54) is 0 Å². The number of aliphatic hydroxyl groups is 1. The van der Waals surface area contributed by atoms with E-state index >= 15 is 0 Å². The molecule has 0 radical (unpaired) electrons. The summed E-state index contributed by atoms with van der Waals surface area (Å²) in [5.41, 5.74) is 8.11. The molecule has 2 aromatic carbocycles. The lowest BCUT2D eigenvalue weighted by Crippen LogP contribution is -2.51. The zero-order valence-corrected chi connectivity index (χ0v) is 25.7. The third-order valence-electron chi connectivity index (χ3n) is 8.21. The maximum atomic E-state index is 13.8. The number of hydrogen-bond acceptors (Lipinski definition) is 7. The van der Waals surface area contributed by atoms with E-state index in [2.05, 4.69) is 5.32 Å². The maximum Gasteiger partial charge on any atom is 0.249 e. The van der Waals surface area contributed by atoms with Gasteiger partial charge in [0.1, 0.15) is 5.75 Å². The number of carbonyl (C=O) groups excluding carboxylic acids is 2. The molecule has 2 amide bonds. The predicted molar refractivity (Wildman–Crippen MR) is 166 cm³/mol. The molecule has 0 saturated carbocycles. The molecule has 1 heterocycles. The highest BCUT2D eigenvalue weighted by atomic mass is 16.7. The topological polar surface area (TPSA) is 123 Å². The van der Waals surface area contributed by atoms with Crippen molar-refractivity contribution in [2.24, 2.45) is 17.1 Å². The Morgan fingerprint density at radius 2 is 1.84 bits per heavy atom. The van der Waals surface area contributed by atoms with Crippen LogP contribution in [0.5, 0.6) is 17.2 Å². The van der Waals surface area contributed by atoms with Crippen LogP contribution in [0.3, 0.4) is 0 Å². The standard InChI is InChI=1S/C34H45N3O6/c1-5-12-37(13-6-2)32(39)26-14-23(3)18-34(19-26,33(35)40)28(16-24-10-11-30-31(17-24)43-22-42-30)29(38)21-36-20-25-8-7-9-27(15-25)41-4/h7-11,14-15,17-18,28-29,36,38H,5-6,12-13,16,19-22H2,1-4H3,(H2,35,40)/t28-,29+,34?/m1/s1. The molecule has 1 aliphatic carbocycles. The van der Waals surface area contributed by atoms with Crippen molar-refractivity contribution in [1.82, 2.24) is 10.2 Å². The van der Waals surface area contributed by atoms with E-state index in [9.17, 15) is 14.7 Å². The van der Waals surface area contributed by atoms with Gasteiger partial charge in [-0.1, -0.05) is 49.8 Å². The Morgan fingerprint density at radius 1 is 1.09 bits per heavy atom. The van der Waals surface area contributed by atoms with Crippen LogP contribution in [0.4, 0.5) is 0 Å². The number of methoxy groups -OCH3 is 1. The summed E-state index contributed by atoms with van der Waals surface area (Å²) in [6, 6.07) is 13.3. The molecule has 0 bridgehead atoms. The third-order valence-corrected chi connectivity index (χ3v) is 8.21. The van der Waals surface area contributed by atoms with Crippen LogP contribution in [-0.2, 0) is 22.6 Å². The molecule has 0 saturated heterocycles. The van der Waals surface area contributed by atoms with Gasteiger partial charge in [0.25, 0.3) is 0 Å². The largest absolute Gasteiger partial charge is 0.497 e. The van der Waals surface area contributed by atoms with Crippen LogP contribution in [0.25, 0.3) is 0 Å². The van der Waals surface area contributed by atoms with E-state index in [4.69, 9.17) is 19.9 Å². The molecule has 43 heavy (non-hydrogen) atoms. The second-order valence-electron chi connectivity index (χ2n) is 11.5. The zero-order valence-electron chi connectivity index (χ0n) is 25.7. The second-order valence-corrected chi connectivity index (χ2v) is 11.5. The predicted octanol–water partition coefficient (Wildman–Crippen LogP) is 4.13. The molecule has 1 unspecified atom stereocenters. The lowest BCUT2D eigenvalue weighted by atomic mass is 9.63. The van der Waals surface area contributed by atoms with E-state index in [1.54, 1.807) is 7.11 Å². The van der Waals surface area contributed by atoms with Gasteiger partial charge in [-0.2, -0.15) is 0 Å². The van der Waals surface area contributed by atoms with Crippen molar-refractivity contribution in [2.75, 3.05) is 33.5 Å². The van der Waals surface area contributed by atoms with Gasteiger partial charge in [0.2, 0.25) is 18.6 Å². The minimum atomic E-state index is -1.29. The summed E-state index contributed by atoms with van der Waals surface area (Å²) in [7, 11) is 1.62. The van der Waals surface area contributed by atoms with Gasteiger partial charge in [0, 0.05) is 37.7 Å². The summed E-state index contributed by atoms with van der Waals surface area (Å²) in [5, 5.41) is 15.1. The molecule has 0 spiro atoms. The summed E-state index contributed by atoms with van der Waals surface area (Å²) in [4.78, 5) is 29.1. The summed E-state index contributed by atoms with van der Waals surface area (Å²) < 4.78 is 16.4. The number of rotatable bonds is 15. The number of allylic oxidation sites excluding steroid dienone is 2. The first-order chi connectivity index (χ1) is 20.7. The monoisotopic (exact) mass is 591 g/mol. The first kappa shape index (κ1) is 32.1. The van der Waals surface area contributed by atoms with Crippen molar-refractivity contribution in [2.45, 2.75) is 59.1 Å². The van der Waals surface area contributed by atoms with Gasteiger partial charge in [0.15, 0.2) is 11.5 Å². The summed E-state index contributed by atoms with van der Waals surface area (Å²) in [5.74, 6) is 0.729. The minimum absolute atomic E-state index is 0.0887. The first-order valence-electron chi connectivity index (χ1n) is 15.1. The smallest absolute Gasteiger partial charge is 0.249 e. The molecule has 9 nitrogen and oxygen atoms in total. The molecule has 4 N–H and O–H groups in total. The Kier molecular flexibility index (Phi) is 10.9.